The highest BCUT2D eigenvalue weighted by molar-refractivity contribution is 8.16. The van der Waals surface area contributed by atoms with Crippen molar-refractivity contribution >= 4 is 28.7 Å². The summed E-state index contributed by atoms with van der Waals surface area (Å²) in [6, 6.07) is 7.31. The second kappa shape index (κ2) is 12.6. The average Bonchev–Trinajstić information content (AvgIpc) is 3.30. The van der Waals surface area contributed by atoms with E-state index in [4.69, 9.17) is 14.5 Å². The maximum absolute atomic E-state index is 13.8. The maximum atomic E-state index is 13.8. The van der Waals surface area contributed by atoms with Crippen LogP contribution in [-0.4, -0.2) is 91.3 Å². The zero-order chi connectivity index (χ0) is 26.4. The van der Waals surface area contributed by atoms with E-state index in [0.717, 1.165) is 49.3 Å². The molecule has 4 rings (SSSR count). The summed E-state index contributed by atoms with van der Waals surface area (Å²) in [5, 5.41) is 5.80. The number of aliphatic imine (C=N–C) groups is 1. The average molecular weight is 528 g/mol. The van der Waals surface area contributed by atoms with Gasteiger partial charge in [-0.2, -0.15) is 0 Å². The molecule has 3 aliphatic heterocycles. The van der Waals surface area contributed by atoms with E-state index < -0.39 is 6.04 Å². The van der Waals surface area contributed by atoms with Gasteiger partial charge in [0.05, 0.1) is 44.1 Å². The highest BCUT2D eigenvalue weighted by Gasteiger charge is 2.42. The molecule has 2 amide bonds. The van der Waals surface area contributed by atoms with Crippen molar-refractivity contribution in [3.05, 3.63) is 52.2 Å². The number of para-hydroxylation sites is 1. The second-order valence-electron chi connectivity index (χ2n) is 9.09. The molecule has 37 heavy (non-hydrogen) atoms. The molecule has 1 saturated heterocycles. The molecule has 200 valence electrons. The third-order valence-corrected chi connectivity index (χ3v) is 7.80. The van der Waals surface area contributed by atoms with Gasteiger partial charge < -0.3 is 24.6 Å². The maximum Gasteiger partial charge on any atom is 0.254 e. The molecule has 3 heterocycles. The monoisotopic (exact) mass is 527 g/mol. The molecule has 1 aromatic rings. The predicted molar refractivity (Wildman–Crippen MR) is 146 cm³/mol. The number of carbonyl (C=O) groups is 2. The molecule has 0 spiro atoms. The molecule has 0 bridgehead atoms. The summed E-state index contributed by atoms with van der Waals surface area (Å²) < 4.78 is 11.1. The van der Waals surface area contributed by atoms with Crippen LogP contribution in [0, 0.1) is 0 Å². The molecule has 0 aromatic heterocycles. The normalized spacial score (nSPS) is 19.8. The number of morpholine rings is 1. The summed E-state index contributed by atoms with van der Waals surface area (Å²) in [7, 11) is 1.64. The number of amidine groups is 1. The van der Waals surface area contributed by atoms with Crippen LogP contribution in [0.1, 0.15) is 38.8 Å². The molecular weight excluding hydrogens is 490 g/mol. The Kier molecular flexibility index (Phi) is 9.28. The summed E-state index contributed by atoms with van der Waals surface area (Å²) in [6.07, 6.45) is 0.201. The number of amides is 2. The van der Waals surface area contributed by atoms with Crippen LogP contribution < -0.4 is 10.1 Å². The van der Waals surface area contributed by atoms with Crippen molar-refractivity contribution in [1.82, 2.24) is 20.0 Å². The Morgan fingerprint density at radius 2 is 1.95 bits per heavy atom. The Labute approximate surface area is 223 Å². The first-order chi connectivity index (χ1) is 18.0. The van der Waals surface area contributed by atoms with Crippen LogP contribution in [0.15, 0.2) is 51.6 Å². The number of ether oxygens (including phenoxy) is 2. The largest absolute Gasteiger partial charge is 0.496 e. The number of nitrogens with one attached hydrogen (secondary N) is 1. The van der Waals surface area contributed by atoms with Crippen LogP contribution in [0.5, 0.6) is 5.75 Å². The van der Waals surface area contributed by atoms with Gasteiger partial charge in [-0.25, -0.2) is 4.99 Å². The summed E-state index contributed by atoms with van der Waals surface area (Å²) >= 11 is 1.48. The molecule has 1 N–H and O–H groups in total. The van der Waals surface area contributed by atoms with E-state index in [1.165, 1.54) is 11.8 Å². The van der Waals surface area contributed by atoms with Crippen LogP contribution >= 0.6 is 11.8 Å². The molecular formula is C27H37N5O4S. The highest BCUT2D eigenvalue weighted by atomic mass is 32.2. The van der Waals surface area contributed by atoms with Crippen molar-refractivity contribution in [2.45, 2.75) is 33.2 Å². The summed E-state index contributed by atoms with van der Waals surface area (Å²) in [6.45, 7) is 11.7. The number of nitrogens with zero attached hydrogens (tertiary/aromatic N) is 4. The molecule has 1 aromatic carbocycles. The van der Waals surface area contributed by atoms with Gasteiger partial charge in [-0.1, -0.05) is 30.0 Å². The van der Waals surface area contributed by atoms with Crippen molar-refractivity contribution < 1.29 is 19.1 Å². The van der Waals surface area contributed by atoms with Gasteiger partial charge in [0.2, 0.25) is 5.91 Å². The number of hydrogen-bond acceptors (Lipinski definition) is 8. The van der Waals surface area contributed by atoms with Gasteiger partial charge in [-0.05, 0) is 32.2 Å². The fourth-order valence-electron chi connectivity index (χ4n) is 4.92. The summed E-state index contributed by atoms with van der Waals surface area (Å²) in [4.78, 5) is 37.7. The number of methoxy groups -OCH3 is 1. The van der Waals surface area contributed by atoms with Crippen LogP contribution in [0.3, 0.4) is 0 Å². The Balaban J connectivity index is 1.59. The van der Waals surface area contributed by atoms with E-state index in [1.54, 1.807) is 7.11 Å². The molecule has 3 aliphatic rings. The topological polar surface area (TPSA) is 86.7 Å². The fourth-order valence-corrected chi connectivity index (χ4v) is 5.88. The number of carbonyl (C=O) groups excluding carboxylic acids is 2. The highest BCUT2D eigenvalue weighted by Crippen LogP contribution is 2.47. The quantitative estimate of drug-likeness (QED) is 0.501. The van der Waals surface area contributed by atoms with Crippen LogP contribution in [0.2, 0.25) is 0 Å². The smallest absolute Gasteiger partial charge is 0.254 e. The lowest BCUT2D eigenvalue weighted by Gasteiger charge is -2.38. The van der Waals surface area contributed by atoms with Gasteiger partial charge in [-0.3, -0.25) is 14.5 Å². The van der Waals surface area contributed by atoms with Gasteiger partial charge in [0, 0.05) is 50.5 Å². The minimum absolute atomic E-state index is 0.0487. The Morgan fingerprint density at radius 3 is 2.65 bits per heavy atom. The lowest BCUT2D eigenvalue weighted by molar-refractivity contribution is -0.127. The van der Waals surface area contributed by atoms with Gasteiger partial charge >= 0.3 is 0 Å². The minimum Gasteiger partial charge on any atom is -0.496 e. The number of allylic oxidation sites excluding steroid dienone is 1. The summed E-state index contributed by atoms with van der Waals surface area (Å²) in [5.41, 5.74) is 2.99. The molecule has 1 atom stereocenters. The summed E-state index contributed by atoms with van der Waals surface area (Å²) in [5.74, 6) is 0.591. The SMILES string of the molecule is CCN(CC)C(=O)C1=C(C)N=C2SC=C(CC(=O)NCCN3CCOCC3)N2[C@H]1c1ccccc1OC. The van der Waals surface area contributed by atoms with E-state index in [1.807, 2.05) is 60.2 Å². The van der Waals surface area contributed by atoms with Gasteiger partial charge in [0.25, 0.3) is 5.91 Å². The van der Waals surface area contributed by atoms with Crippen molar-refractivity contribution in [1.29, 1.82) is 0 Å². The standard InChI is InChI=1S/C27H37N5O4S/c1-5-31(6-2)26(34)24-19(3)29-27-32(25(24)21-9-7-8-10-22(21)35-4)20(18-37-27)17-23(33)28-11-12-30-13-15-36-16-14-30/h7-10,18,25H,5-6,11-17H2,1-4H3,(H,28,33)/t25-/m0/s1. The number of likely N-dealkylation sites (N-methyl/N-ethyl adjacent to an activating group) is 1. The minimum atomic E-state index is -0.445. The second-order valence-corrected chi connectivity index (χ2v) is 9.93. The van der Waals surface area contributed by atoms with Crippen molar-refractivity contribution in [2.75, 3.05) is 59.6 Å². The van der Waals surface area contributed by atoms with Gasteiger partial charge in [-0.15, -0.1) is 0 Å². The first kappa shape index (κ1) is 27.2. The van der Waals surface area contributed by atoms with E-state index in [9.17, 15) is 9.59 Å². The van der Waals surface area contributed by atoms with Crippen LogP contribution in [-0.2, 0) is 14.3 Å². The molecule has 0 radical (unpaired) electrons. The first-order valence-electron chi connectivity index (χ1n) is 12.9. The molecule has 9 nitrogen and oxygen atoms in total. The van der Waals surface area contributed by atoms with E-state index in [0.29, 0.717) is 36.7 Å². The Hall–Kier alpha value is -2.82. The van der Waals surface area contributed by atoms with Crippen molar-refractivity contribution in [3.8, 4) is 5.75 Å². The van der Waals surface area contributed by atoms with Crippen LogP contribution in [0.4, 0.5) is 0 Å². The number of benzene rings is 1. The Bertz CT molecular complexity index is 1090. The van der Waals surface area contributed by atoms with Gasteiger partial charge in [0.1, 0.15) is 5.75 Å². The van der Waals surface area contributed by atoms with Crippen molar-refractivity contribution in [2.24, 2.45) is 4.99 Å². The third-order valence-electron chi connectivity index (χ3n) is 6.91. The van der Waals surface area contributed by atoms with Crippen molar-refractivity contribution in [3.63, 3.8) is 0 Å². The molecule has 1 fully saturated rings. The van der Waals surface area contributed by atoms with Gasteiger partial charge in [0.15, 0.2) is 5.17 Å². The van der Waals surface area contributed by atoms with Crippen LogP contribution in [0.25, 0.3) is 0 Å². The molecule has 10 heteroatoms. The van der Waals surface area contributed by atoms with E-state index >= 15 is 0 Å². The number of thioether (sulfide) groups is 1. The molecule has 0 saturated carbocycles. The molecule has 0 aliphatic carbocycles. The van der Waals surface area contributed by atoms with E-state index in [2.05, 4.69) is 10.2 Å². The number of rotatable bonds is 10. The number of fused-ring (bicyclic) bond motifs is 1. The number of hydrogen-bond donors (Lipinski definition) is 1. The fraction of sp³-hybridized carbons (Fsp3) is 0.519. The third kappa shape index (κ3) is 6.02. The lowest BCUT2D eigenvalue weighted by Crippen LogP contribution is -2.43. The van der Waals surface area contributed by atoms with E-state index in [-0.39, 0.29) is 18.2 Å². The molecule has 0 unspecified atom stereocenters. The predicted octanol–water partition coefficient (Wildman–Crippen LogP) is 2.98. The zero-order valence-corrected chi connectivity index (χ0v) is 23.0. The Morgan fingerprint density at radius 1 is 1.22 bits per heavy atom. The zero-order valence-electron chi connectivity index (χ0n) is 22.2. The first-order valence-corrected chi connectivity index (χ1v) is 13.8. The lowest BCUT2D eigenvalue weighted by atomic mass is 9.92.